The number of anilines is 1. The minimum Gasteiger partial charge on any atom is -0.366 e. The van der Waals surface area contributed by atoms with Crippen molar-refractivity contribution in [1.29, 1.82) is 0 Å². The molecule has 2 heterocycles. The van der Waals surface area contributed by atoms with Crippen molar-refractivity contribution in [3.8, 4) is 0 Å². The molecule has 0 aromatic carbocycles. The van der Waals surface area contributed by atoms with Crippen molar-refractivity contribution in [2.45, 2.75) is 19.8 Å². The Balaban J connectivity index is 2.14. The van der Waals surface area contributed by atoms with Crippen molar-refractivity contribution in [3.63, 3.8) is 0 Å². The number of rotatable bonds is 5. The van der Waals surface area contributed by atoms with Crippen molar-refractivity contribution >= 4 is 11.4 Å². The highest BCUT2D eigenvalue weighted by Crippen LogP contribution is 2.27. The van der Waals surface area contributed by atoms with Crippen LogP contribution < -0.4 is 10.2 Å². The number of aromatic nitrogens is 1. The van der Waals surface area contributed by atoms with Crippen LogP contribution in [0.15, 0.2) is 18.5 Å². The smallest absolute Gasteiger partial charge is 0.310 e. The normalized spacial score (nSPS) is 19.1. The number of hydrogen-bond donors (Lipinski definition) is 1. The van der Waals surface area contributed by atoms with Gasteiger partial charge in [-0.1, -0.05) is 0 Å². The molecule has 2 rings (SSSR count). The first-order chi connectivity index (χ1) is 9.22. The number of nitrogens with zero attached hydrogens (tertiary/aromatic N) is 3. The average Bonchev–Trinajstić information content (AvgIpc) is 2.46. The Morgan fingerprint density at radius 1 is 1.63 bits per heavy atom. The van der Waals surface area contributed by atoms with E-state index < -0.39 is 0 Å². The summed E-state index contributed by atoms with van der Waals surface area (Å²) in [4.78, 5) is 16.6. The van der Waals surface area contributed by atoms with Gasteiger partial charge in [0.15, 0.2) is 0 Å². The van der Waals surface area contributed by atoms with Gasteiger partial charge in [0.2, 0.25) is 0 Å². The lowest BCUT2D eigenvalue weighted by atomic mass is 9.99. The van der Waals surface area contributed by atoms with E-state index in [-0.39, 0.29) is 10.6 Å². The fourth-order valence-corrected chi connectivity index (χ4v) is 2.58. The standard InChI is InChI=1S/C13H20N4O2/c1-2-16(10-11-4-3-6-14-8-11)12-5-7-15-9-13(12)17(18)19/h5,7,9,11,14H,2-4,6,8,10H2,1H3. The molecule has 0 radical (unpaired) electrons. The Morgan fingerprint density at radius 3 is 3.11 bits per heavy atom. The molecule has 1 aromatic heterocycles. The number of nitro groups is 1. The van der Waals surface area contributed by atoms with Crippen molar-refractivity contribution in [1.82, 2.24) is 10.3 Å². The summed E-state index contributed by atoms with van der Waals surface area (Å²) in [5, 5.41) is 14.4. The van der Waals surface area contributed by atoms with Gasteiger partial charge in [-0.05, 0) is 44.8 Å². The Kier molecular flexibility index (Phi) is 4.68. The molecule has 19 heavy (non-hydrogen) atoms. The van der Waals surface area contributed by atoms with Crippen molar-refractivity contribution in [2.24, 2.45) is 5.92 Å². The number of pyridine rings is 1. The zero-order valence-corrected chi connectivity index (χ0v) is 11.2. The van der Waals surface area contributed by atoms with E-state index in [1.807, 2.05) is 6.92 Å². The zero-order valence-electron chi connectivity index (χ0n) is 11.2. The maximum Gasteiger partial charge on any atom is 0.310 e. The van der Waals surface area contributed by atoms with E-state index in [9.17, 15) is 10.1 Å². The van der Waals surface area contributed by atoms with E-state index in [0.29, 0.717) is 11.6 Å². The molecular formula is C13H20N4O2. The molecular weight excluding hydrogens is 244 g/mol. The van der Waals surface area contributed by atoms with E-state index in [2.05, 4.69) is 15.2 Å². The highest BCUT2D eigenvalue weighted by Gasteiger charge is 2.22. The lowest BCUT2D eigenvalue weighted by Gasteiger charge is -2.30. The Hall–Kier alpha value is -1.69. The van der Waals surface area contributed by atoms with Gasteiger partial charge < -0.3 is 10.2 Å². The Morgan fingerprint density at radius 2 is 2.47 bits per heavy atom. The summed E-state index contributed by atoms with van der Waals surface area (Å²) in [5.74, 6) is 0.557. The molecule has 6 nitrogen and oxygen atoms in total. The van der Waals surface area contributed by atoms with Gasteiger partial charge in [0.05, 0.1) is 4.92 Å². The summed E-state index contributed by atoms with van der Waals surface area (Å²) in [5.41, 5.74) is 0.765. The van der Waals surface area contributed by atoms with Crippen LogP contribution in [0.25, 0.3) is 0 Å². The third-order valence-electron chi connectivity index (χ3n) is 3.57. The largest absolute Gasteiger partial charge is 0.366 e. The molecule has 6 heteroatoms. The van der Waals surface area contributed by atoms with Crippen molar-refractivity contribution in [3.05, 3.63) is 28.6 Å². The van der Waals surface area contributed by atoms with Crippen molar-refractivity contribution in [2.75, 3.05) is 31.1 Å². The molecule has 0 aliphatic carbocycles. The summed E-state index contributed by atoms with van der Waals surface area (Å²) in [6.45, 7) is 5.73. The van der Waals surface area contributed by atoms with Gasteiger partial charge in [0, 0.05) is 19.3 Å². The zero-order chi connectivity index (χ0) is 13.7. The fourth-order valence-electron chi connectivity index (χ4n) is 2.58. The third-order valence-corrected chi connectivity index (χ3v) is 3.57. The lowest BCUT2D eigenvalue weighted by Crippen LogP contribution is -2.38. The van der Waals surface area contributed by atoms with E-state index in [4.69, 9.17) is 0 Å². The second-order valence-corrected chi connectivity index (χ2v) is 4.87. The first-order valence-electron chi connectivity index (χ1n) is 6.76. The van der Waals surface area contributed by atoms with Crippen LogP contribution in [0.1, 0.15) is 19.8 Å². The quantitative estimate of drug-likeness (QED) is 0.648. The highest BCUT2D eigenvalue weighted by atomic mass is 16.6. The Bertz CT molecular complexity index is 432. The molecule has 1 aliphatic rings. The monoisotopic (exact) mass is 264 g/mol. The van der Waals surface area contributed by atoms with E-state index >= 15 is 0 Å². The predicted octanol–water partition coefficient (Wildman–Crippen LogP) is 1.82. The predicted molar refractivity (Wildman–Crippen MR) is 74.4 cm³/mol. The Labute approximate surface area is 113 Å². The SMILES string of the molecule is CCN(CC1CCCNC1)c1ccncc1[N+](=O)[O-]. The van der Waals surface area contributed by atoms with Crippen LogP contribution in [0, 0.1) is 16.0 Å². The molecule has 1 unspecified atom stereocenters. The van der Waals surface area contributed by atoms with Crippen LogP contribution in [0.2, 0.25) is 0 Å². The van der Waals surface area contributed by atoms with Crippen LogP contribution in [0.4, 0.5) is 11.4 Å². The second-order valence-electron chi connectivity index (χ2n) is 4.87. The van der Waals surface area contributed by atoms with Gasteiger partial charge in [-0.3, -0.25) is 15.1 Å². The molecule has 1 N–H and O–H groups in total. The third kappa shape index (κ3) is 3.41. The molecule has 0 amide bonds. The van der Waals surface area contributed by atoms with E-state index in [0.717, 1.165) is 26.2 Å². The topological polar surface area (TPSA) is 71.3 Å². The summed E-state index contributed by atoms with van der Waals surface area (Å²) in [7, 11) is 0. The van der Waals surface area contributed by atoms with Crippen molar-refractivity contribution < 1.29 is 4.92 Å². The molecule has 0 saturated carbocycles. The van der Waals surface area contributed by atoms with Gasteiger partial charge in [-0.15, -0.1) is 0 Å². The fraction of sp³-hybridized carbons (Fsp3) is 0.615. The summed E-state index contributed by atoms with van der Waals surface area (Å²) < 4.78 is 0. The molecule has 1 aliphatic heterocycles. The highest BCUT2D eigenvalue weighted by molar-refractivity contribution is 5.61. The van der Waals surface area contributed by atoms with Crippen LogP contribution in [0.5, 0.6) is 0 Å². The molecule has 0 bridgehead atoms. The molecule has 1 fully saturated rings. The number of nitrogens with one attached hydrogen (secondary N) is 1. The molecule has 104 valence electrons. The van der Waals surface area contributed by atoms with Gasteiger partial charge in [0.1, 0.15) is 11.9 Å². The minimum absolute atomic E-state index is 0.0909. The van der Waals surface area contributed by atoms with Gasteiger partial charge in [-0.2, -0.15) is 0 Å². The number of piperidine rings is 1. The van der Waals surface area contributed by atoms with Crippen LogP contribution in [0.3, 0.4) is 0 Å². The first kappa shape index (κ1) is 13.7. The first-order valence-corrected chi connectivity index (χ1v) is 6.76. The van der Waals surface area contributed by atoms with E-state index in [1.165, 1.54) is 19.0 Å². The summed E-state index contributed by atoms with van der Waals surface area (Å²) >= 11 is 0. The van der Waals surface area contributed by atoms with E-state index in [1.54, 1.807) is 12.3 Å². The van der Waals surface area contributed by atoms with Crippen LogP contribution in [-0.4, -0.2) is 36.1 Å². The molecule has 1 saturated heterocycles. The number of hydrogen-bond acceptors (Lipinski definition) is 5. The molecule has 1 aromatic rings. The van der Waals surface area contributed by atoms with Gasteiger partial charge >= 0.3 is 5.69 Å². The maximum absolute atomic E-state index is 11.1. The lowest BCUT2D eigenvalue weighted by molar-refractivity contribution is -0.384. The maximum atomic E-state index is 11.1. The van der Waals surface area contributed by atoms with Crippen LogP contribution in [-0.2, 0) is 0 Å². The van der Waals surface area contributed by atoms with Gasteiger partial charge in [-0.25, -0.2) is 0 Å². The summed E-state index contributed by atoms with van der Waals surface area (Å²) in [6.07, 6.45) is 5.31. The van der Waals surface area contributed by atoms with Gasteiger partial charge in [0.25, 0.3) is 0 Å². The molecule has 0 spiro atoms. The van der Waals surface area contributed by atoms with Crippen LogP contribution >= 0.6 is 0 Å². The molecule has 1 atom stereocenters. The summed E-state index contributed by atoms with van der Waals surface area (Å²) in [6, 6.07) is 1.73. The minimum atomic E-state index is -0.357. The average molecular weight is 264 g/mol. The second kappa shape index (κ2) is 6.47.